The van der Waals surface area contributed by atoms with E-state index in [0.717, 1.165) is 16.7 Å². The zero-order valence-corrected chi connectivity index (χ0v) is 15.9. The SMILES string of the molecule is Cc1ccc(/C(Cl)=C/C(C#Cc2ccccc2)c2ccc(Cl)cc2)cc1. The summed E-state index contributed by atoms with van der Waals surface area (Å²) in [6.45, 7) is 2.06. The van der Waals surface area contributed by atoms with E-state index in [1.807, 2.05) is 72.8 Å². The maximum atomic E-state index is 6.58. The van der Waals surface area contributed by atoms with E-state index in [0.29, 0.717) is 10.1 Å². The molecule has 0 spiro atoms. The first-order valence-electron chi connectivity index (χ1n) is 8.38. The van der Waals surface area contributed by atoms with Gasteiger partial charge in [-0.1, -0.05) is 95.2 Å². The summed E-state index contributed by atoms with van der Waals surface area (Å²) < 4.78 is 0. The second-order valence-corrected chi connectivity index (χ2v) is 6.89. The molecular formula is C24H18Cl2. The Hall–Kier alpha value is -2.46. The van der Waals surface area contributed by atoms with Crippen molar-refractivity contribution >= 4 is 28.2 Å². The van der Waals surface area contributed by atoms with Gasteiger partial charge in [0.15, 0.2) is 0 Å². The number of aryl methyl sites for hydroxylation is 1. The fourth-order valence-corrected chi connectivity index (χ4v) is 2.91. The molecule has 128 valence electrons. The van der Waals surface area contributed by atoms with E-state index in [4.69, 9.17) is 23.2 Å². The average molecular weight is 377 g/mol. The Labute approximate surface area is 165 Å². The number of hydrogen-bond acceptors (Lipinski definition) is 0. The Bertz CT molecular complexity index is 941. The summed E-state index contributed by atoms with van der Waals surface area (Å²) in [6.07, 6.45) is 1.99. The number of benzene rings is 3. The first-order valence-corrected chi connectivity index (χ1v) is 9.14. The lowest BCUT2D eigenvalue weighted by Gasteiger charge is -2.09. The maximum Gasteiger partial charge on any atom is 0.0654 e. The number of rotatable bonds is 3. The van der Waals surface area contributed by atoms with Gasteiger partial charge < -0.3 is 0 Å². The zero-order chi connectivity index (χ0) is 18.4. The molecule has 0 heterocycles. The molecule has 0 aliphatic heterocycles. The van der Waals surface area contributed by atoms with Crippen LogP contribution in [0.5, 0.6) is 0 Å². The summed E-state index contributed by atoms with van der Waals surface area (Å²) in [5, 5.41) is 1.39. The summed E-state index contributed by atoms with van der Waals surface area (Å²) in [5.41, 5.74) is 4.23. The van der Waals surface area contributed by atoms with Gasteiger partial charge in [-0.25, -0.2) is 0 Å². The summed E-state index contributed by atoms with van der Waals surface area (Å²) in [6, 6.07) is 25.8. The molecule has 3 aromatic carbocycles. The van der Waals surface area contributed by atoms with Crippen LogP contribution in [0.3, 0.4) is 0 Å². The van der Waals surface area contributed by atoms with Crippen molar-refractivity contribution in [3.05, 3.63) is 112 Å². The minimum Gasteiger partial charge on any atom is -0.0854 e. The largest absolute Gasteiger partial charge is 0.0854 e. The molecule has 0 saturated heterocycles. The van der Waals surface area contributed by atoms with Gasteiger partial charge in [0, 0.05) is 15.6 Å². The minimum absolute atomic E-state index is 0.124. The van der Waals surface area contributed by atoms with E-state index in [1.54, 1.807) is 0 Å². The molecule has 2 heteroatoms. The zero-order valence-electron chi connectivity index (χ0n) is 14.4. The van der Waals surface area contributed by atoms with Gasteiger partial charge in [-0.3, -0.25) is 0 Å². The lowest BCUT2D eigenvalue weighted by atomic mass is 9.97. The quantitative estimate of drug-likeness (QED) is 0.429. The number of hydrogen-bond donors (Lipinski definition) is 0. The lowest BCUT2D eigenvalue weighted by Crippen LogP contribution is -1.93. The van der Waals surface area contributed by atoms with Crippen LogP contribution < -0.4 is 0 Å². The molecule has 26 heavy (non-hydrogen) atoms. The molecule has 0 amide bonds. The molecule has 0 bridgehead atoms. The van der Waals surface area contributed by atoms with Gasteiger partial charge in [-0.05, 0) is 48.4 Å². The molecule has 0 nitrogen and oxygen atoms in total. The molecule has 0 aliphatic carbocycles. The monoisotopic (exact) mass is 376 g/mol. The molecule has 1 unspecified atom stereocenters. The Morgan fingerprint density at radius 3 is 2.19 bits per heavy atom. The van der Waals surface area contributed by atoms with Crippen molar-refractivity contribution in [3.63, 3.8) is 0 Å². The van der Waals surface area contributed by atoms with Crippen LogP contribution in [0.1, 0.15) is 28.2 Å². The highest BCUT2D eigenvalue weighted by Crippen LogP contribution is 2.27. The van der Waals surface area contributed by atoms with E-state index < -0.39 is 0 Å². The van der Waals surface area contributed by atoms with E-state index in [9.17, 15) is 0 Å². The third-order valence-corrected chi connectivity index (χ3v) is 4.61. The van der Waals surface area contributed by atoms with Crippen molar-refractivity contribution in [2.24, 2.45) is 0 Å². The average Bonchev–Trinajstić information content (AvgIpc) is 2.67. The highest BCUT2D eigenvalue weighted by Gasteiger charge is 2.08. The summed E-state index contributed by atoms with van der Waals surface area (Å²) in [4.78, 5) is 0. The first kappa shape index (κ1) is 18.3. The molecule has 3 rings (SSSR count). The fourth-order valence-electron chi connectivity index (χ4n) is 2.53. The van der Waals surface area contributed by atoms with Crippen molar-refractivity contribution in [1.29, 1.82) is 0 Å². The molecule has 1 atom stereocenters. The standard InChI is InChI=1S/C24H18Cl2/c1-18-7-10-21(11-8-18)24(26)17-22(20-13-15-23(25)16-14-20)12-9-19-5-3-2-4-6-19/h2-8,10-11,13-17,22H,1H3/b24-17-. The van der Waals surface area contributed by atoms with Crippen molar-refractivity contribution in [1.82, 2.24) is 0 Å². The first-order chi connectivity index (χ1) is 12.6. The molecular weight excluding hydrogens is 359 g/mol. The fraction of sp³-hybridized carbons (Fsp3) is 0.0833. The van der Waals surface area contributed by atoms with E-state index >= 15 is 0 Å². The highest BCUT2D eigenvalue weighted by atomic mass is 35.5. The van der Waals surface area contributed by atoms with Crippen LogP contribution in [0, 0.1) is 18.8 Å². The molecule has 0 N–H and O–H groups in total. The summed E-state index contributed by atoms with van der Waals surface area (Å²) in [5.74, 6) is 6.44. The van der Waals surface area contributed by atoms with E-state index in [2.05, 4.69) is 30.9 Å². The van der Waals surface area contributed by atoms with Crippen molar-refractivity contribution in [2.45, 2.75) is 12.8 Å². The smallest absolute Gasteiger partial charge is 0.0654 e. The Kier molecular flexibility index (Phi) is 6.18. The van der Waals surface area contributed by atoms with Crippen LogP contribution in [0.2, 0.25) is 5.02 Å². The minimum atomic E-state index is -0.124. The van der Waals surface area contributed by atoms with Gasteiger partial charge in [0.05, 0.1) is 5.92 Å². The normalized spacial score (nSPS) is 12.2. The highest BCUT2D eigenvalue weighted by molar-refractivity contribution is 6.48. The van der Waals surface area contributed by atoms with Crippen LogP contribution >= 0.6 is 23.2 Å². The predicted molar refractivity (Wildman–Crippen MR) is 113 cm³/mol. The van der Waals surface area contributed by atoms with Crippen molar-refractivity contribution in [3.8, 4) is 11.8 Å². The second-order valence-electron chi connectivity index (χ2n) is 6.05. The molecule has 0 radical (unpaired) electrons. The molecule has 0 aliphatic rings. The topological polar surface area (TPSA) is 0 Å². The van der Waals surface area contributed by atoms with Gasteiger partial charge in [-0.15, -0.1) is 0 Å². The number of halogens is 2. The van der Waals surface area contributed by atoms with Crippen molar-refractivity contribution < 1.29 is 0 Å². The second kappa shape index (κ2) is 8.77. The maximum absolute atomic E-state index is 6.58. The molecule has 0 fully saturated rings. The lowest BCUT2D eigenvalue weighted by molar-refractivity contribution is 1.13. The van der Waals surface area contributed by atoms with Gasteiger partial charge >= 0.3 is 0 Å². The van der Waals surface area contributed by atoms with Crippen LogP contribution in [-0.4, -0.2) is 0 Å². The summed E-state index contributed by atoms with van der Waals surface area (Å²) >= 11 is 12.6. The van der Waals surface area contributed by atoms with Crippen LogP contribution in [0.4, 0.5) is 0 Å². The van der Waals surface area contributed by atoms with Crippen molar-refractivity contribution in [2.75, 3.05) is 0 Å². The van der Waals surface area contributed by atoms with Crippen LogP contribution in [0.25, 0.3) is 5.03 Å². The third kappa shape index (κ3) is 5.02. The van der Waals surface area contributed by atoms with Gasteiger partial charge in [0.1, 0.15) is 0 Å². The van der Waals surface area contributed by atoms with Gasteiger partial charge in [0.2, 0.25) is 0 Å². The Balaban J connectivity index is 1.97. The van der Waals surface area contributed by atoms with E-state index in [1.165, 1.54) is 5.56 Å². The van der Waals surface area contributed by atoms with Crippen LogP contribution in [0.15, 0.2) is 84.9 Å². The molecule has 0 aromatic heterocycles. The van der Waals surface area contributed by atoms with Crippen LogP contribution in [-0.2, 0) is 0 Å². The number of allylic oxidation sites excluding steroid dienone is 1. The molecule has 3 aromatic rings. The predicted octanol–water partition coefficient (Wildman–Crippen LogP) is 7.06. The summed E-state index contributed by atoms with van der Waals surface area (Å²) in [7, 11) is 0. The Morgan fingerprint density at radius 2 is 1.54 bits per heavy atom. The third-order valence-electron chi connectivity index (χ3n) is 4.02. The van der Waals surface area contributed by atoms with Gasteiger partial charge in [-0.2, -0.15) is 0 Å². The van der Waals surface area contributed by atoms with Gasteiger partial charge in [0.25, 0.3) is 0 Å². The van der Waals surface area contributed by atoms with E-state index in [-0.39, 0.29) is 5.92 Å². The Morgan fingerprint density at radius 1 is 0.885 bits per heavy atom. The molecule has 0 saturated carbocycles.